The smallest absolute Gasteiger partial charge is 0.170 e. The second-order valence-corrected chi connectivity index (χ2v) is 5.66. The molecule has 0 unspecified atom stereocenters. The van der Waals surface area contributed by atoms with Gasteiger partial charge >= 0.3 is 0 Å². The second-order valence-electron chi connectivity index (χ2n) is 5.66. The number of hydrogen-bond acceptors (Lipinski definition) is 4. The Balaban J connectivity index is 2.96. The summed E-state index contributed by atoms with van der Waals surface area (Å²) in [6.45, 7) is 9.40. The van der Waals surface area contributed by atoms with Crippen LogP contribution in [0.5, 0.6) is 0 Å². The van der Waals surface area contributed by atoms with Crippen molar-refractivity contribution in [2.75, 3.05) is 13.1 Å². The fourth-order valence-corrected chi connectivity index (χ4v) is 2.24. The first kappa shape index (κ1) is 15.5. The largest absolute Gasteiger partial charge is 0.507 e. The van der Waals surface area contributed by atoms with Gasteiger partial charge in [-0.2, -0.15) is 0 Å². The summed E-state index contributed by atoms with van der Waals surface area (Å²) in [5.74, 6) is -0.733. The molecule has 0 radical (unpaired) electrons. The molecule has 0 aromatic carbocycles. The zero-order valence-corrected chi connectivity index (χ0v) is 12.2. The zero-order chi connectivity index (χ0) is 14.6. The Bertz CT molecular complexity index is 407. The molecule has 106 valence electrons. The summed E-state index contributed by atoms with van der Waals surface area (Å²) in [4.78, 5) is 25.9. The number of aliphatic hydroxyl groups is 1. The fraction of sp³-hybridized carbons (Fsp3) is 0.600. The van der Waals surface area contributed by atoms with Crippen LogP contribution in [0, 0.1) is 5.41 Å². The van der Waals surface area contributed by atoms with Gasteiger partial charge in [0.25, 0.3) is 0 Å². The van der Waals surface area contributed by atoms with Crippen molar-refractivity contribution in [1.29, 1.82) is 0 Å². The lowest BCUT2D eigenvalue weighted by atomic mass is 9.74. The molecule has 1 aliphatic rings. The average molecular weight is 265 g/mol. The minimum absolute atomic E-state index is 0.0391. The first-order valence-corrected chi connectivity index (χ1v) is 6.72. The van der Waals surface area contributed by atoms with Gasteiger partial charge in [0, 0.05) is 32.1 Å². The van der Waals surface area contributed by atoms with E-state index in [4.69, 9.17) is 0 Å². The van der Waals surface area contributed by atoms with Crippen molar-refractivity contribution in [2.24, 2.45) is 5.41 Å². The summed E-state index contributed by atoms with van der Waals surface area (Å²) < 4.78 is 0. The van der Waals surface area contributed by atoms with Crippen LogP contribution in [0.4, 0.5) is 0 Å². The third kappa shape index (κ3) is 3.94. The van der Waals surface area contributed by atoms with Crippen molar-refractivity contribution in [3.63, 3.8) is 0 Å². The molecule has 0 saturated heterocycles. The molecule has 0 amide bonds. The molecule has 1 N–H and O–H groups in total. The number of allylic oxidation sites excluding steroid dienone is 2. The van der Waals surface area contributed by atoms with Crippen molar-refractivity contribution in [3.8, 4) is 0 Å². The van der Waals surface area contributed by atoms with Gasteiger partial charge in [0.2, 0.25) is 0 Å². The molecule has 19 heavy (non-hydrogen) atoms. The molecule has 4 nitrogen and oxygen atoms in total. The van der Waals surface area contributed by atoms with E-state index in [1.807, 2.05) is 32.6 Å². The van der Waals surface area contributed by atoms with Gasteiger partial charge in [-0.05, 0) is 25.3 Å². The Morgan fingerprint density at radius 3 is 2.11 bits per heavy atom. The molecule has 0 spiro atoms. The topological polar surface area (TPSA) is 57.6 Å². The predicted octanol–water partition coefficient (Wildman–Crippen LogP) is 2.61. The van der Waals surface area contributed by atoms with E-state index in [1.54, 1.807) is 6.20 Å². The number of rotatable bonds is 4. The minimum Gasteiger partial charge on any atom is -0.507 e. The highest BCUT2D eigenvalue weighted by atomic mass is 16.3. The van der Waals surface area contributed by atoms with Gasteiger partial charge in [-0.1, -0.05) is 13.8 Å². The van der Waals surface area contributed by atoms with E-state index in [9.17, 15) is 14.7 Å². The molecule has 0 bridgehead atoms. The van der Waals surface area contributed by atoms with Crippen LogP contribution >= 0.6 is 0 Å². The van der Waals surface area contributed by atoms with Crippen LogP contribution in [0.15, 0.2) is 23.6 Å². The molecule has 1 aliphatic carbocycles. The van der Waals surface area contributed by atoms with Crippen molar-refractivity contribution >= 4 is 11.6 Å². The van der Waals surface area contributed by atoms with Gasteiger partial charge in [-0.3, -0.25) is 9.59 Å². The average Bonchev–Trinajstić information content (AvgIpc) is 2.27. The Labute approximate surface area is 114 Å². The van der Waals surface area contributed by atoms with E-state index >= 15 is 0 Å². The summed E-state index contributed by atoms with van der Waals surface area (Å²) in [5.41, 5.74) is -0.344. The highest BCUT2D eigenvalue weighted by molar-refractivity contribution is 6.22. The van der Waals surface area contributed by atoms with Gasteiger partial charge in [0.05, 0.1) is 0 Å². The number of Topliss-reactive ketones (excluding diaryl/α,β-unsaturated/α-hetero) is 2. The van der Waals surface area contributed by atoms with E-state index in [2.05, 4.69) is 0 Å². The van der Waals surface area contributed by atoms with Crippen molar-refractivity contribution < 1.29 is 14.7 Å². The van der Waals surface area contributed by atoms with E-state index in [1.165, 1.54) is 6.08 Å². The van der Waals surface area contributed by atoms with Crippen LogP contribution < -0.4 is 0 Å². The van der Waals surface area contributed by atoms with Crippen LogP contribution in [0.3, 0.4) is 0 Å². The summed E-state index contributed by atoms with van der Waals surface area (Å²) >= 11 is 0. The maximum absolute atomic E-state index is 12.0. The number of carbonyl (C=O) groups is 2. The highest BCUT2D eigenvalue weighted by Crippen LogP contribution is 2.34. The Hall–Kier alpha value is -1.58. The standard InChI is InChI=1S/C15H23NO3/c1-5-16(6-2)8-7-11(17)14-12(18)9-15(3,4)10-13(14)19/h7-8,17H,5-6,9-10H2,1-4H3/b8-7+. The number of carbonyl (C=O) groups excluding carboxylic acids is 2. The summed E-state index contributed by atoms with van der Waals surface area (Å²) in [6.07, 6.45) is 3.76. The van der Waals surface area contributed by atoms with Crippen LogP contribution in [0.1, 0.15) is 40.5 Å². The van der Waals surface area contributed by atoms with Crippen LogP contribution in [-0.4, -0.2) is 34.7 Å². The first-order valence-electron chi connectivity index (χ1n) is 6.72. The zero-order valence-electron chi connectivity index (χ0n) is 12.2. The third-order valence-corrected chi connectivity index (χ3v) is 3.35. The molecule has 0 aromatic heterocycles. The minimum atomic E-state index is -0.305. The predicted molar refractivity (Wildman–Crippen MR) is 74.7 cm³/mol. The fourth-order valence-electron chi connectivity index (χ4n) is 2.24. The molecule has 0 heterocycles. The third-order valence-electron chi connectivity index (χ3n) is 3.35. The van der Waals surface area contributed by atoms with Crippen molar-refractivity contribution in [2.45, 2.75) is 40.5 Å². The molecule has 1 rings (SSSR count). The van der Waals surface area contributed by atoms with E-state index in [0.717, 1.165) is 13.1 Å². The van der Waals surface area contributed by atoms with Crippen LogP contribution in [0.2, 0.25) is 0 Å². The van der Waals surface area contributed by atoms with E-state index in [0.29, 0.717) is 12.8 Å². The Morgan fingerprint density at radius 1 is 1.21 bits per heavy atom. The van der Waals surface area contributed by atoms with Gasteiger partial charge in [-0.25, -0.2) is 0 Å². The van der Waals surface area contributed by atoms with Crippen molar-refractivity contribution in [1.82, 2.24) is 4.90 Å². The van der Waals surface area contributed by atoms with Crippen LogP contribution in [-0.2, 0) is 9.59 Å². The maximum Gasteiger partial charge on any atom is 0.170 e. The maximum atomic E-state index is 12.0. The number of hydrogen-bond donors (Lipinski definition) is 1. The molecule has 4 heteroatoms. The molecule has 1 saturated carbocycles. The number of aliphatic hydroxyl groups excluding tert-OH is 1. The number of ketones is 2. The molecule has 1 fully saturated rings. The quantitative estimate of drug-likeness (QED) is 0.482. The van der Waals surface area contributed by atoms with Gasteiger partial charge in [-0.15, -0.1) is 0 Å². The van der Waals surface area contributed by atoms with Gasteiger partial charge in [0.1, 0.15) is 11.3 Å². The normalized spacial score (nSPS) is 19.1. The molecular formula is C15H23NO3. The Morgan fingerprint density at radius 2 is 1.68 bits per heavy atom. The molecule has 0 aliphatic heterocycles. The van der Waals surface area contributed by atoms with Crippen LogP contribution in [0.25, 0.3) is 0 Å². The summed E-state index contributed by atoms with van der Waals surface area (Å²) in [7, 11) is 0. The second kappa shape index (κ2) is 6.04. The molecule has 0 atom stereocenters. The first-order chi connectivity index (χ1) is 8.80. The highest BCUT2D eigenvalue weighted by Gasteiger charge is 2.37. The van der Waals surface area contributed by atoms with E-state index < -0.39 is 0 Å². The van der Waals surface area contributed by atoms with Crippen molar-refractivity contribution in [3.05, 3.63) is 23.6 Å². The summed E-state index contributed by atoms with van der Waals surface area (Å²) in [6, 6.07) is 0. The summed E-state index contributed by atoms with van der Waals surface area (Å²) in [5, 5.41) is 9.95. The molecular weight excluding hydrogens is 242 g/mol. The monoisotopic (exact) mass is 265 g/mol. The van der Waals surface area contributed by atoms with E-state index in [-0.39, 0.29) is 28.3 Å². The van der Waals surface area contributed by atoms with Gasteiger partial charge in [0.15, 0.2) is 11.6 Å². The SMILES string of the molecule is CCN(/C=C/C(O)=C1C(=O)CC(C)(C)CC1=O)CC. The lowest BCUT2D eigenvalue weighted by Gasteiger charge is -2.28. The Kier molecular flexibility index (Phi) is 4.92. The number of nitrogens with zero attached hydrogens (tertiary/aromatic N) is 1. The lowest BCUT2D eigenvalue weighted by Crippen LogP contribution is -2.32. The lowest BCUT2D eigenvalue weighted by molar-refractivity contribution is -0.127. The van der Waals surface area contributed by atoms with Gasteiger partial charge < -0.3 is 10.0 Å². The molecule has 0 aromatic rings.